The molecule has 0 aliphatic heterocycles. The lowest BCUT2D eigenvalue weighted by Gasteiger charge is -2.13. The zero-order valence-corrected chi connectivity index (χ0v) is 9.26. The number of ether oxygens (including phenoxy) is 1. The summed E-state index contributed by atoms with van der Waals surface area (Å²) in [5, 5.41) is 0. The second-order valence-electron chi connectivity index (χ2n) is 3.58. The molecule has 14 heavy (non-hydrogen) atoms. The molecule has 0 bridgehead atoms. The Labute approximate surface area is 86.1 Å². The van der Waals surface area contributed by atoms with Gasteiger partial charge in [-0.1, -0.05) is 6.07 Å². The third-order valence-corrected chi connectivity index (χ3v) is 2.68. The second kappa shape index (κ2) is 5.01. The molecule has 2 N–H and O–H groups in total. The molecule has 0 fully saturated rings. The normalized spacial score (nSPS) is 10.3. The van der Waals surface area contributed by atoms with Crippen LogP contribution in [0.4, 0.5) is 0 Å². The molecule has 0 aromatic heterocycles. The first-order chi connectivity index (χ1) is 6.70. The van der Waals surface area contributed by atoms with E-state index in [4.69, 9.17) is 10.5 Å². The second-order valence-corrected chi connectivity index (χ2v) is 3.58. The molecule has 0 spiro atoms. The molecule has 0 unspecified atom stereocenters. The number of benzene rings is 1. The first kappa shape index (κ1) is 11.1. The van der Waals surface area contributed by atoms with Crippen LogP contribution in [0, 0.1) is 13.8 Å². The van der Waals surface area contributed by atoms with E-state index in [1.807, 2.05) is 6.07 Å². The van der Waals surface area contributed by atoms with Gasteiger partial charge in [-0.15, -0.1) is 0 Å². The summed E-state index contributed by atoms with van der Waals surface area (Å²) in [4.78, 5) is 0. The van der Waals surface area contributed by atoms with Gasteiger partial charge in [0.25, 0.3) is 0 Å². The molecule has 0 radical (unpaired) electrons. The highest BCUT2D eigenvalue weighted by atomic mass is 16.5. The number of aryl methyl sites for hydroxylation is 1. The van der Waals surface area contributed by atoms with Crippen LogP contribution in [0.1, 0.15) is 23.1 Å². The van der Waals surface area contributed by atoms with E-state index in [1.165, 1.54) is 16.7 Å². The Morgan fingerprint density at radius 2 is 2.00 bits per heavy atom. The van der Waals surface area contributed by atoms with E-state index in [1.54, 1.807) is 7.11 Å². The fourth-order valence-electron chi connectivity index (χ4n) is 1.63. The maximum Gasteiger partial charge on any atom is 0.122 e. The highest BCUT2D eigenvalue weighted by molar-refractivity contribution is 5.44. The summed E-state index contributed by atoms with van der Waals surface area (Å²) in [6.45, 7) is 5.00. The molecule has 2 nitrogen and oxygen atoms in total. The molecule has 1 aromatic rings. The minimum absolute atomic E-state index is 0.733. The first-order valence-corrected chi connectivity index (χ1v) is 5.03. The molecule has 0 aliphatic carbocycles. The Hall–Kier alpha value is -1.02. The lowest BCUT2D eigenvalue weighted by atomic mass is 9.98. The minimum atomic E-state index is 0.733. The monoisotopic (exact) mass is 193 g/mol. The number of methoxy groups -OCH3 is 1. The third kappa shape index (κ3) is 2.26. The predicted octanol–water partition coefficient (Wildman–Crippen LogP) is 2.20. The van der Waals surface area contributed by atoms with Crippen molar-refractivity contribution in [3.63, 3.8) is 0 Å². The SMILES string of the molecule is COc1ccc(C)c(C)c1CCCN. The van der Waals surface area contributed by atoms with Gasteiger partial charge in [0.2, 0.25) is 0 Å². The van der Waals surface area contributed by atoms with E-state index < -0.39 is 0 Å². The van der Waals surface area contributed by atoms with E-state index >= 15 is 0 Å². The van der Waals surface area contributed by atoms with Gasteiger partial charge in [0, 0.05) is 0 Å². The van der Waals surface area contributed by atoms with Gasteiger partial charge >= 0.3 is 0 Å². The molecule has 0 aliphatic rings. The molecular formula is C12H19NO. The van der Waals surface area contributed by atoms with Gasteiger partial charge in [-0.3, -0.25) is 0 Å². The Morgan fingerprint density at radius 1 is 1.29 bits per heavy atom. The zero-order chi connectivity index (χ0) is 10.6. The van der Waals surface area contributed by atoms with Gasteiger partial charge in [-0.25, -0.2) is 0 Å². The van der Waals surface area contributed by atoms with Crippen molar-refractivity contribution < 1.29 is 4.74 Å². The Kier molecular flexibility index (Phi) is 3.96. The highest BCUT2D eigenvalue weighted by Gasteiger charge is 2.07. The number of nitrogens with two attached hydrogens (primary N) is 1. The van der Waals surface area contributed by atoms with Crippen molar-refractivity contribution in [2.75, 3.05) is 13.7 Å². The molecule has 1 rings (SSSR count). The zero-order valence-electron chi connectivity index (χ0n) is 9.26. The predicted molar refractivity (Wildman–Crippen MR) is 59.8 cm³/mol. The van der Waals surface area contributed by atoms with Crippen molar-refractivity contribution in [1.82, 2.24) is 0 Å². The van der Waals surface area contributed by atoms with Gasteiger partial charge in [-0.2, -0.15) is 0 Å². The molecule has 0 atom stereocenters. The molecule has 0 saturated heterocycles. The molecule has 0 saturated carbocycles. The van der Waals surface area contributed by atoms with Gasteiger partial charge in [0.05, 0.1) is 7.11 Å². The maximum atomic E-state index is 5.52. The maximum absolute atomic E-state index is 5.52. The topological polar surface area (TPSA) is 35.2 Å². The van der Waals surface area contributed by atoms with Crippen molar-refractivity contribution >= 4 is 0 Å². The summed E-state index contributed by atoms with van der Waals surface area (Å²) in [5.41, 5.74) is 9.47. The van der Waals surface area contributed by atoms with Crippen molar-refractivity contribution in [3.05, 3.63) is 28.8 Å². The van der Waals surface area contributed by atoms with Gasteiger partial charge in [-0.05, 0) is 56.0 Å². The standard InChI is InChI=1S/C12H19NO/c1-9-6-7-12(14-3)11(10(9)2)5-4-8-13/h6-7H,4-5,8,13H2,1-3H3. The molecule has 0 heterocycles. The van der Waals surface area contributed by atoms with E-state index in [0.717, 1.165) is 25.1 Å². The highest BCUT2D eigenvalue weighted by Crippen LogP contribution is 2.25. The average molecular weight is 193 g/mol. The molecule has 78 valence electrons. The van der Waals surface area contributed by atoms with Crippen molar-refractivity contribution in [2.45, 2.75) is 26.7 Å². The van der Waals surface area contributed by atoms with Crippen molar-refractivity contribution in [3.8, 4) is 5.75 Å². The molecular weight excluding hydrogens is 174 g/mol. The number of rotatable bonds is 4. The molecule has 2 heteroatoms. The fraction of sp³-hybridized carbons (Fsp3) is 0.500. The fourth-order valence-corrected chi connectivity index (χ4v) is 1.63. The summed E-state index contributed by atoms with van der Waals surface area (Å²) in [7, 11) is 1.72. The Morgan fingerprint density at radius 3 is 2.57 bits per heavy atom. The van der Waals surface area contributed by atoms with Crippen molar-refractivity contribution in [2.24, 2.45) is 5.73 Å². The van der Waals surface area contributed by atoms with Crippen LogP contribution in [0.3, 0.4) is 0 Å². The minimum Gasteiger partial charge on any atom is -0.496 e. The average Bonchev–Trinajstić information content (AvgIpc) is 2.20. The van der Waals surface area contributed by atoms with Gasteiger partial charge < -0.3 is 10.5 Å². The van der Waals surface area contributed by atoms with Gasteiger partial charge in [0.15, 0.2) is 0 Å². The van der Waals surface area contributed by atoms with E-state index in [2.05, 4.69) is 19.9 Å². The van der Waals surface area contributed by atoms with Crippen LogP contribution in [0.5, 0.6) is 5.75 Å². The van der Waals surface area contributed by atoms with Crippen LogP contribution in [0.15, 0.2) is 12.1 Å². The summed E-state index contributed by atoms with van der Waals surface area (Å²) in [6.07, 6.45) is 2.02. The third-order valence-electron chi connectivity index (χ3n) is 2.68. The smallest absolute Gasteiger partial charge is 0.122 e. The largest absolute Gasteiger partial charge is 0.496 e. The van der Waals surface area contributed by atoms with E-state index in [0.29, 0.717) is 0 Å². The molecule has 0 amide bonds. The van der Waals surface area contributed by atoms with Crippen LogP contribution >= 0.6 is 0 Å². The van der Waals surface area contributed by atoms with Crippen molar-refractivity contribution in [1.29, 1.82) is 0 Å². The number of hydrogen-bond acceptors (Lipinski definition) is 2. The Balaban J connectivity index is 3.01. The quantitative estimate of drug-likeness (QED) is 0.795. The summed E-state index contributed by atoms with van der Waals surface area (Å²) in [5.74, 6) is 0.988. The van der Waals surface area contributed by atoms with Crippen LogP contribution < -0.4 is 10.5 Å². The van der Waals surface area contributed by atoms with Crippen LogP contribution in [-0.2, 0) is 6.42 Å². The lowest BCUT2D eigenvalue weighted by molar-refractivity contribution is 0.408. The number of hydrogen-bond donors (Lipinski definition) is 1. The van der Waals surface area contributed by atoms with Gasteiger partial charge in [0.1, 0.15) is 5.75 Å². The first-order valence-electron chi connectivity index (χ1n) is 5.03. The molecule has 1 aromatic carbocycles. The summed E-state index contributed by atoms with van der Waals surface area (Å²) >= 11 is 0. The van der Waals surface area contributed by atoms with Crippen LogP contribution in [0.2, 0.25) is 0 Å². The van der Waals surface area contributed by atoms with Crippen LogP contribution in [0.25, 0.3) is 0 Å². The van der Waals surface area contributed by atoms with E-state index in [9.17, 15) is 0 Å². The lowest BCUT2D eigenvalue weighted by Crippen LogP contribution is -2.03. The summed E-state index contributed by atoms with van der Waals surface area (Å²) < 4.78 is 5.34. The Bertz CT molecular complexity index is 307. The van der Waals surface area contributed by atoms with Crippen LogP contribution in [-0.4, -0.2) is 13.7 Å². The summed E-state index contributed by atoms with van der Waals surface area (Å²) in [6, 6.07) is 4.13. The van der Waals surface area contributed by atoms with E-state index in [-0.39, 0.29) is 0 Å².